The van der Waals surface area contributed by atoms with E-state index in [9.17, 15) is 9.59 Å². The molecule has 0 aliphatic heterocycles. The zero-order valence-electron chi connectivity index (χ0n) is 31.5. The fourth-order valence-electron chi connectivity index (χ4n) is 7.40. The number of fused-ring (bicyclic) bond motifs is 5. The van der Waals surface area contributed by atoms with Crippen LogP contribution < -0.4 is 10.9 Å². The maximum absolute atomic E-state index is 14.5. The molecule has 0 aliphatic rings. The van der Waals surface area contributed by atoms with E-state index in [-0.39, 0.29) is 38.2 Å². The van der Waals surface area contributed by atoms with E-state index in [0.717, 1.165) is 22.3 Å². The van der Waals surface area contributed by atoms with Gasteiger partial charge in [-0.3, -0.25) is 9.59 Å². The quantitative estimate of drug-likeness (QED) is 0.118. The lowest BCUT2D eigenvalue weighted by Gasteiger charge is -2.10. The number of hydrogen-bond acceptors (Lipinski definition) is 10. The molecular formula is C50H28N6O4. The molecule has 0 unspecified atom stereocenters. The summed E-state index contributed by atoms with van der Waals surface area (Å²) in [6.45, 7) is 0. The first-order valence-corrected chi connectivity index (χ1v) is 19.2. The summed E-state index contributed by atoms with van der Waals surface area (Å²) < 4.78 is 12.7. The summed E-state index contributed by atoms with van der Waals surface area (Å²) in [7, 11) is 0. The van der Waals surface area contributed by atoms with Crippen molar-refractivity contribution in [2.24, 2.45) is 0 Å². The summed E-state index contributed by atoms with van der Waals surface area (Å²) in [4.78, 5) is 57.8. The van der Waals surface area contributed by atoms with Crippen molar-refractivity contribution in [3.63, 3.8) is 0 Å². The van der Waals surface area contributed by atoms with Gasteiger partial charge in [-0.2, -0.15) is 0 Å². The van der Waals surface area contributed by atoms with Crippen molar-refractivity contribution in [1.29, 1.82) is 0 Å². The lowest BCUT2D eigenvalue weighted by atomic mass is 10.0. The first kappa shape index (κ1) is 34.7. The molecule has 0 bridgehead atoms. The van der Waals surface area contributed by atoms with Crippen LogP contribution in [-0.2, 0) is 0 Å². The molecule has 4 heterocycles. The van der Waals surface area contributed by atoms with Gasteiger partial charge in [-0.25, -0.2) is 29.9 Å². The second kappa shape index (κ2) is 14.2. The Balaban J connectivity index is 1.06. The molecule has 0 saturated heterocycles. The van der Waals surface area contributed by atoms with Gasteiger partial charge in [0.25, 0.3) is 0 Å². The molecule has 282 valence electrons. The van der Waals surface area contributed by atoms with Crippen molar-refractivity contribution in [3.05, 3.63) is 190 Å². The van der Waals surface area contributed by atoms with Gasteiger partial charge in [0.15, 0.2) is 40.5 Å². The minimum atomic E-state index is -0.356. The van der Waals surface area contributed by atoms with E-state index in [0.29, 0.717) is 62.6 Å². The molecule has 0 radical (unpaired) electrons. The van der Waals surface area contributed by atoms with Crippen molar-refractivity contribution in [3.8, 4) is 68.3 Å². The van der Waals surface area contributed by atoms with Gasteiger partial charge in [-0.15, -0.1) is 0 Å². The Kier molecular flexibility index (Phi) is 8.19. The van der Waals surface area contributed by atoms with Crippen molar-refractivity contribution < 1.29 is 8.83 Å². The summed E-state index contributed by atoms with van der Waals surface area (Å²) in [5, 5.41) is 0.987. The lowest BCUT2D eigenvalue weighted by molar-refractivity contribution is 0.649. The number of hydrogen-bond donors (Lipinski definition) is 0. The Hall–Kier alpha value is -8.50. The fraction of sp³-hybridized carbons (Fsp3) is 0. The number of nitrogens with zero attached hydrogens (tertiary/aromatic N) is 6. The van der Waals surface area contributed by atoms with Crippen molar-refractivity contribution in [1.82, 2.24) is 29.9 Å². The zero-order valence-corrected chi connectivity index (χ0v) is 31.5. The highest BCUT2D eigenvalue weighted by molar-refractivity contribution is 6.07. The summed E-state index contributed by atoms with van der Waals surface area (Å²) in [5.74, 6) is 2.79. The minimum Gasteiger partial charge on any atom is -0.456 e. The first-order valence-electron chi connectivity index (χ1n) is 19.2. The molecule has 60 heavy (non-hydrogen) atoms. The summed E-state index contributed by atoms with van der Waals surface area (Å²) >= 11 is 0. The number of aromatic nitrogens is 6. The van der Waals surface area contributed by atoms with Crippen molar-refractivity contribution in [2.75, 3.05) is 0 Å². The molecule has 0 amide bonds. The molecule has 0 spiro atoms. The van der Waals surface area contributed by atoms with Crippen LogP contribution in [-0.4, -0.2) is 29.9 Å². The van der Waals surface area contributed by atoms with Crippen molar-refractivity contribution in [2.45, 2.75) is 0 Å². The predicted octanol–water partition coefficient (Wildman–Crippen LogP) is 10.6. The Morgan fingerprint density at radius 3 is 1.07 bits per heavy atom. The molecule has 0 saturated carbocycles. The average molecular weight is 777 g/mol. The van der Waals surface area contributed by atoms with Crippen LogP contribution in [0.15, 0.2) is 188 Å². The number of rotatable bonds is 6. The van der Waals surface area contributed by atoms with Gasteiger partial charge in [0.05, 0.1) is 16.2 Å². The maximum Gasteiger partial charge on any atom is 0.204 e. The molecule has 7 aromatic carbocycles. The van der Waals surface area contributed by atoms with Crippen LogP contribution in [0.5, 0.6) is 0 Å². The van der Waals surface area contributed by atoms with Crippen LogP contribution >= 0.6 is 0 Å². The van der Waals surface area contributed by atoms with Crippen LogP contribution in [0.1, 0.15) is 0 Å². The third-order valence-corrected chi connectivity index (χ3v) is 10.4. The van der Waals surface area contributed by atoms with Gasteiger partial charge in [-0.05, 0) is 48.5 Å². The standard InChI is InChI=1S/C50H28N6O4/c57-42-35-23-26-40-41(43(58)37-28-34(21-24-38(37)59-40)50-55-47(31-17-9-3-10-18-31)52-48(56-50)32-19-11-4-12-20-32)44(35)60-39-25-22-33(27-36(39)42)49-53-45(29-13-5-1-6-14-29)51-46(54-49)30-15-7-2-8-16-30/h1-28H. The monoisotopic (exact) mass is 776 g/mol. The van der Waals surface area contributed by atoms with Gasteiger partial charge < -0.3 is 8.83 Å². The van der Waals surface area contributed by atoms with Gasteiger partial charge in [0.2, 0.25) is 10.9 Å². The molecule has 11 aromatic rings. The molecule has 4 aromatic heterocycles. The number of benzene rings is 7. The van der Waals surface area contributed by atoms with E-state index in [4.69, 9.17) is 38.7 Å². The summed E-state index contributed by atoms with van der Waals surface area (Å²) in [5.41, 5.74) is 4.93. The van der Waals surface area contributed by atoms with E-state index < -0.39 is 0 Å². The topological polar surface area (TPSA) is 138 Å². The maximum atomic E-state index is 14.5. The molecular weight excluding hydrogens is 749 g/mol. The molecule has 0 atom stereocenters. The van der Waals surface area contributed by atoms with Crippen LogP contribution in [0.3, 0.4) is 0 Å². The SMILES string of the molecule is O=c1c2cc(-c3nc(-c4ccccc4)nc(-c4ccccc4)n3)ccc2oc2c1ccc1oc3ccc(-c4nc(-c5ccccc5)nc(-c5ccccc5)n4)cc3c(=O)c12. The van der Waals surface area contributed by atoms with Gasteiger partial charge in [-0.1, -0.05) is 121 Å². The second-order valence-electron chi connectivity index (χ2n) is 14.2. The first-order chi connectivity index (χ1) is 29.5. The van der Waals surface area contributed by atoms with E-state index in [1.165, 1.54) is 0 Å². The molecule has 0 fully saturated rings. The second-order valence-corrected chi connectivity index (χ2v) is 14.2. The summed E-state index contributed by atoms with van der Waals surface area (Å²) in [6.07, 6.45) is 0. The van der Waals surface area contributed by atoms with E-state index in [1.54, 1.807) is 42.5 Å². The van der Waals surface area contributed by atoms with Gasteiger partial charge in [0, 0.05) is 33.4 Å². The van der Waals surface area contributed by atoms with Gasteiger partial charge >= 0.3 is 0 Å². The average Bonchev–Trinajstić information content (AvgIpc) is 3.32. The Bertz CT molecular complexity index is 3460. The van der Waals surface area contributed by atoms with E-state index in [2.05, 4.69) is 0 Å². The molecule has 0 aliphatic carbocycles. The highest BCUT2D eigenvalue weighted by Gasteiger charge is 2.20. The molecule has 11 rings (SSSR count). The van der Waals surface area contributed by atoms with E-state index >= 15 is 0 Å². The highest BCUT2D eigenvalue weighted by Crippen LogP contribution is 2.32. The third-order valence-electron chi connectivity index (χ3n) is 10.4. The molecule has 10 nitrogen and oxygen atoms in total. The predicted molar refractivity (Wildman–Crippen MR) is 233 cm³/mol. The Morgan fingerprint density at radius 2 is 0.650 bits per heavy atom. The molecule has 0 N–H and O–H groups in total. The Labute approximate surface area is 340 Å². The van der Waals surface area contributed by atoms with Crippen LogP contribution in [0.25, 0.3) is 112 Å². The summed E-state index contributed by atoms with van der Waals surface area (Å²) in [6, 6.07) is 52.4. The van der Waals surface area contributed by atoms with Crippen molar-refractivity contribution >= 4 is 43.9 Å². The highest BCUT2D eigenvalue weighted by atomic mass is 16.3. The van der Waals surface area contributed by atoms with Crippen LogP contribution in [0, 0.1) is 0 Å². The Morgan fingerprint density at radius 1 is 0.300 bits per heavy atom. The van der Waals surface area contributed by atoms with Crippen LogP contribution in [0.2, 0.25) is 0 Å². The van der Waals surface area contributed by atoms with Gasteiger partial charge in [0.1, 0.15) is 22.1 Å². The zero-order chi connectivity index (χ0) is 40.2. The normalized spacial score (nSPS) is 11.5. The fourth-order valence-corrected chi connectivity index (χ4v) is 7.40. The molecule has 10 heteroatoms. The largest absolute Gasteiger partial charge is 0.456 e. The van der Waals surface area contributed by atoms with E-state index in [1.807, 2.05) is 127 Å². The minimum absolute atomic E-state index is 0.134. The van der Waals surface area contributed by atoms with Crippen LogP contribution in [0.4, 0.5) is 0 Å². The lowest BCUT2D eigenvalue weighted by Crippen LogP contribution is -2.08. The third kappa shape index (κ3) is 6.07. The smallest absolute Gasteiger partial charge is 0.204 e.